The van der Waals surface area contributed by atoms with Gasteiger partial charge < -0.3 is 20.3 Å². The Morgan fingerprint density at radius 3 is 1.09 bits per heavy atom. The van der Waals surface area contributed by atoms with Crippen LogP contribution in [0.2, 0.25) is 0 Å². The van der Waals surface area contributed by atoms with E-state index in [1.807, 2.05) is 0 Å². The molecule has 2 unspecified atom stereocenters. The van der Waals surface area contributed by atoms with E-state index < -0.39 is 12.1 Å². The van der Waals surface area contributed by atoms with Crippen LogP contribution in [0.15, 0.2) is 24.3 Å². The number of nitrogens with one attached hydrogen (secondary N) is 1. The van der Waals surface area contributed by atoms with E-state index in [4.69, 9.17) is 4.74 Å². The maximum Gasteiger partial charge on any atom is 0.305 e. The lowest BCUT2D eigenvalue weighted by Crippen LogP contribution is -2.45. The summed E-state index contributed by atoms with van der Waals surface area (Å²) in [7, 11) is 0. The normalized spacial score (nSPS) is 12.7. The van der Waals surface area contributed by atoms with Gasteiger partial charge in [0.05, 0.1) is 25.4 Å². The van der Waals surface area contributed by atoms with E-state index in [1.54, 1.807) is 0 Å². The molecule has 0 heterocycles. The third-order valence-electron chi connectivity index (χ3n) is 13.5. The predicted octanol–water partition coefficient (Wildman–Crippen LogP) is 17.9. The number of carbonyl (C=O) groups is 2. The first kappa shape index (κ1) is 63.3. The summed E-state index contributed by atoms with van der Waals surface area (Å²) in [5.74, 6) is -0.0547. The van der Waals surface area contributed by atoms with Crippen molar-refractivity contribution in [1.82, 2.24) is 5.32 Å². The highest BCUT2D eigenvalue weighted by Gasteiger charge is 2.20. The van der Waals surface area contributed by atoms with Crippen LogP contribution in [-0.4, -0.2) is 47.4 Å². The lowest BCUT2D eigenvalue weighted by molar-refractivity contribution is -0.143. The van der Waals surface area contributed by atoms with Crippen molar-refractivity contribution in [2.24, 2.45) is 0 Å². The molecule has 3 N–H and O–H groups in total. The second-order valence-electron chi connectivity index (χ2n) is 20.0. The van der Waals surface area contributed by atoms with Gasteiger partial charge in [-0.1, -0.05) is 250 Å². The summed E-state index contributed by atoms with van der Waals surface area (Å²) in [6, 6.07) is -0.553. The average Bonchev–Trinajstić information content (AvgIpc) is 3.31. The number of ether oxygens (including phenoxy) is 1. The van der Waals surface area contributed by atoms with Gasteiger partial charge in [0.2, 0.25) is 5.91 Å². The largest absolute Gasteiger partial charge is 0.466 e. The number of unbranched alkanes of at least 4 members (excludes halogenated alkanes) is 39. The van der Waals surface area contributed by atoms with Crippen molar-refractivity contribution in [1.29, 1.82) is 0 Å². The molecule has 6 nitrogen and oxygen atoms in total. The molecule has 2 atom stereocenters. The van der Waals surface area contributed by atoms with Crippen LogP contribution in [0.25, 0.3) is 0 Å². The molecule has 0 radical (unpaired) electrons. The number of esters is 1. The fourth-order valence-electron chi connectivity index (χ4n) is 8.98. The van der Waals surface area contributed by atoms with E-state index >= 15 is 0 Å². The molecule has 6 heteroatoms. The standard InChI is InChI=1S/C59H113NO5/c1-3-5-7-9-11-13-15-17-18-19-20-21-25-29-33-37-41-45-49-53-59(64)65-54-50-46-42-38-34-30-26-23-22-24-28-32-36-40-44-48-52-58(63)60-56(55-61)57(62)51-47-43-39-35-31-27-16-14-12-10-8-6-4-2/h17-18,22,24,56-57,61-62H,3-16,19-21,23,25-55H2,1-2H3,(H,60,63)/b18-17-,24-22-. The van der Waals surface area contributed by atoms with E-state index in [0.717, 1.165) is 64.2 Å². The summed E-state index contributed by atoms with van der Waals surface area (Å²) in [5, 5.41) is 23.2. The summed E-state index contributed by atoms with van der Waals surface area (Å²) >= 11 is 0. The van der Waals surface area contributed by atoms with Crippen molar-refractivity contribution < 1.29 is 24.5 Å². The highest BCUT2D eigenvalue weighted by atomic mass is 16.5. The van der Waals surface area contributed by atoms with Crippen LogP contribution in [-0.2, 0) is 14.3 Å². The predicted molar refractivity (Wildman–Crippen MR) is 283 cm³/mol. The molecule has 65 heavy (non-hydrogen) atoms. The molecule has 0 aliphatic heterocycles. The van der Waals surface area contributed by atoms with E-state index in [1.165, 1.54) is 218 Å². The third-order valence-corrected chi connectivity index (χ3v) is 13.5. The first-order chi connectivity index (χ1) is 32.0. The molecule has 0 saturated carbocycles. The highest BCUT2D eigenvalue weighted by Crippen LogP contribution is 2.17. The minimum absolute atomic E-state index is 0.00305. The van der Waals surface area contributed by atoms with Gasteiger partial charge in [-0.05, 0) is 77.0 Å². The Labute approximate surface area is 405 Å². The first-order valence-corrected chi connectivity index (χ1v) is 29.1. The van der Waals surface area contributed by atoms with Crippen LogP contribution in [0.3, 0.4) is 0 Å². The zero-order valence-electron chi connectivity index (χ0n) is 43.7. The zero-order valence-corrected chi connectivity index (χ0v) is 43.7. The molecule has 0 aliphatic rings. The summed E-state index contributed by atoms with van der Waals surface area (Å²) in [5.41, 5.74) is 0. The Hall–Kier alpha value is -1.66. The van der Waals surface area contributed by atoms with Crippen molar-refractivity contribution in [2.45, 2.75) is 328 Å². The van der Waals surface area contributed by atoms with Gasteiger partial charge in [-0.2, -0.15) is 0 Å². The topological polar surface area (TPSA) is 95.9 Å². The second-order valence-corrected chi connectivity index (χ2v) is 20.0. The minimum atomic E-state index is -0.674. The van der Waals surface area contributed by atoms with Gasteiger partial charge in [-0.3, -0.25) is 9.59 Å². The Bertz CT molecular complexity index is 1010. The van der Waals surface area contributed by atoms with E-state index in [9.17, 15) is 19.8 Å². The SMILES string of the molecule is CCCCCCCC/C=C\CCCCCCCCCCCC(=O)OCCCCCCCCC/C=C\CCCCCCCC(=O)NC(CO)C(O)CCCCCCCCCCCCCCC. The van der Waals surface area contributed by atoms with Crippen LogP contribution in [0.4, 0.5) is 0 Å². The van der Waals surface area contributed by atoms with Gasteiger partial charge in [0.1, 0.15) is 0 Å². The van der Waals surface area contributed by atoms with Gasteiger partial charge >= 0.3 is 5.97 Å². The maximum absolute atomic E-state index is 12.4. The molecule has 0 spiro atoms. The van der Waals surface area contributed by atoms with Crippen molar-refractivity contribution in [3.63, 3.8) is 0 Å². The average molecular weight is 917 g/mol. The molecule has 0 aromatic heterocycles. The number of aliphatic hydroxyl groups excluding tert-OH is 2. The van der Waals surface area contributed by atoms with Crippen LogP contribution in [0.5, 0.6) is 0 Å². The third kappa shape index (κ3) is 51.6. The zero-order chi connectivity index (χ0) is 47.2. The Morgan fingerprint density at radius 1 is 0.415 bits per heavy atom. The van der Waals surface area contributed by atoms with Crippen LogP contribution >= 0.6 is 0 Å². The lowest BCUT2D eigenvalue weighted by Gasteiger charge is -2.22. The van der Waals surface area contributed by atoms with Gasteiger partial charge in [-0.15, -0.1) is 0 Å². The molecule has 0 saturated heterocycles. The number of hydrogen-bond donors (Lipinski definition) is 3. The summed E-state index contributed by atoms with van der Waals surface area (Å²) < 4.78 is 5.48. The summed E-state index contributed by atoms with van der Waals surface area (Å²) in [6.07, 6.45) is 66.0. The Kier molecular flexibility index (Phi) is 53.5. The van der Waals surface area contributed by atoms with Gasteiger partial charge in [0.15, 0.2) is 0 Å². The molecule has 0 bridgehead atoms. The van der Waals surface area contributed by atoms with Gasteiger partial charge in [0.25, 0.3) is 0 Å². The Balaban J connectivity index is 3.43. The van der Waals surface area contributed by atoms with Gasteiger partial charge in [0, 0.05) is 12.8 Å². The fraction of sp³-hybridized carbons (Fsp3) is 0.898. The second kappa shape index (κ2) is 54.9. The number of hydrogen-bond acceptors (Lipinski definition) is 5. The molecule has 0 fully saturated rings. The highest BCUT2D eigenvalue weighted by molar-refractivity contribution is 5.76. The molecular formula is C59H113NO5. The quantitative estimate of drug-likeness (QED) is 0.0321. The van der Waals surface area contributed by atoms with Crippen molar-refractivity contribution >= 4 is 11.9 Å². The van der Waals surface area contributed by atoms with Crippen molar-refractivity contribution in [3.8, 4) is 0 Å². The monoisotopic (exact) mass is 916 g/mol. The van der Waals surface area contributed by atoms with Crippen LogP contribution in [0, 0.1) is 0 Å². The number of amides is 1. The molecule has 0 aliphatic carbocycles. The van der Waals surface area contributed by atoms with Crippen molar-refractivity contribution in [2.75, 3.05) is 13.2 Å². The van der Waals surface area contributed by atoms with E-state index in [0.29, 0.717) is 25.9 Å². The van der Waals surface area contributed by atoms with Crippen molar-refractivity contribution in [3.05, 3.63) is 24.3 Å². The van der Waals surface area contributed by atoms with E-state index in [-0.39, 0.29) is 18.5 Å². The fourth-order valence-corrected chi connectivity index (χ4v) is 8.98. The minimum Gasteiger partial charge on any atom is -0.466 e. The molecule has 0 aromatic rings. The first-order valence-electron chi connectivity index (χ1n) is 29.1. The van der Waals surface area contributed by atoms with Crippen LogP contribution < -0.4 is 5.32 Å². The lowest BCUT2D eigenvalue weighted by atomic mass is 10.0. The number of rotatable bonds is 54. The summed E-state index contributed by atoms with van der Waals surface area (Å²) in [6.45, 7) is 4.93. The van der Waals surface area contributed by atoms with Gasteiger partial charge in [-0.25, -0.2) is 0 Å². The molecular weight excluding hydrogens is 803 g/mol. The molecule has 1 amide bonds. The number of carbonyl (C=O) groups excluding carboxylic acids is 2. The van der Waals surface area contributed by atoms with Crippen LogP contribution in [0.1, 0.15) is 316 Å². The molecule has 384 valence electrons. The molecule has 0 rings (SSSR count). The maximum atomic E-state index is 12.4. The smallest absolute Gasteiger partial charge is 0.305 e. The molecule has 0 aromatic carbocycles. The number of aliphatic hydroxyl groups is 2. The Morgan fingerprint density at radius 2 is 0.723 bits per heavy atom. The number of allylic oxidation sites excluding steroid dienone is 4. The van der Waals surface area contributed by atoms with E-state index in [2.05, 4.69) is 43.5 Å². The summed E-state index contributed by atoms with van der Waals surface area (Å²) in [4.78, 5) is 24.5.